The van der Waals surface area contributed by atoms with E-state index in [0.717, 1.165) is 21.9 Å². The van der Waals surface area contributed by atoms with Crippen LogP contribution in [-0.4, -0.2) is 43.5 Å². The van der Waals surface area contributed by atoms with Gasteiger partial charge in [-0.2, -0.15) is 13.2 Å². The van der Waals surface area contributed by atoms with Crippen molar-refractivity contribution in [3.63, 3.8) is 0 Å². The van der Waals surface area contributed by atoms with Crippen molar-refractivity contribution in [1.82, 2.24) is 4.98 Å². The van der Waals surface area contributed by atoms with Crippen molar-refractivity contribution in [3.8, 4) is 0 Å². The fraction of sp³-hybridized carbons (Fsp3) is 0.348. The summed E-state index contributed by atoms with van der Waals surface area (Å²) in [5.74, 6) is -4.46. The third-order valence-electron chi connectivity index (χ3n) is 5.58. The topological polar surface area (TPSA) is 56.8 Å². The number of hydrogen-bond donors (Lipinski definition) is 0. The summed E-state index contributed by atoms with van der Waals surface area (Å²) in [5, 5.41) is -0.169. The molecule has 0 aliphatic carbocycles. The molecule has 0 saturated carbocycles. The van der Waals surface area contributed by atoms with E-state index >= 15 is 0 Å². The van der Waals surface area contributed by atoms with Gasteiger partial charge in [0, 0.05) is 32.8 Å². The smallest absolute Gasteiger partial charge is 0.368 e. The fourth-order valence-corrected chi connectivity index (χ4v) is 4.33. The second kappa shape index (κ2) is 9.80. The number of aromatic nitrogens is 1. The van der Waals surface area contributed by atoms with Crippen molar-refractivity contribution in [3.05, 3.63) is 58.8 Å². The molecule has 0 bridgehead atoms. The normalized spacial score (nSPS) is 16.0. The molecule has 1 saturated heterocycles. The van der Waals surface area contributed by atoms with Crippen molar-refractivity contribution in [1.29, 1.82) is 0 Å². The molecule has 2 aromatic rings. The second-order valence-electron chi connectivity index (χ2n) is 8.09. The van der Waals surface area contributed by atoms with Crippen molar-refractivity contribution in [2.45, 2.75) is 32.0 Å². The maximum Gasteiger partial charge on any atom is 0.416 e. The van der Waals surface area contributed by atoms with Gasteiger partial charge >= 0.3 is 6.18 Å². The standard InChI is InChI=1S/C23H22ClF5N4O2/c1-5-8-31(3)20-14(24)11-15(25)19(26)21(20)32(4)22(35)16-6-7-18(34)33(16)17-10-13(23(27,28)29)9-12(2)30-17/h5,9-11,16H,1,6-8H2,2-4H3/t16-/m0/s1. The van der Waals surface area contributed by atoms with Crippen LogP contribution in [0.25, 0.3) is 0 Å². The monoisotopic (exact) mass is 516 g/mol. The van der Waals surface area contributed by atoms with Gasteiger partial charge in [-0.1, -0.05) is 17.7 Å². The molecule has 2 heterocycles. The Kier molecular flexibility index (Phi) is 7.39. The summed E-state index contributed by atoms with van der Waals surface area (Å²) in [6.07, 6.45) is -3.41. The Balaban J connectivity index is 2.08. The number of carbonyl (C=O) groups is 2. The highest BCUT2D eigenvalue weighted by Crippen LogP contribution is 2.40. The van der Waals surface area contributed by atoms with E-state index in [1.807, 2.05) is 0 Å². The van der Waals surface area contributed by atoms with Gasteiger partial charge in [0.05, 0.1) is 16.3 Å². The van der Waals surface area contributed by atoms with E-state index in [1.165, 1.54) is 32.0 Å². The Hall–Kier alpha value is -3.21. The van der Waals surface area contributed by atoms with Crippen molar-refractivity contribution in [2.75, 3.05) is 35.3 Å². The van der Waals surface area contributed by atoms with Gasteiger partial charge in [-0.15, -0.1) is 6.58 Å². The van der Waals surface area contributed by atoms with E-state index < -0.39 is 46.9 Å². The van der Waals surface area contributed by atoms with E-state index in [4.69, 9.17) is 11.6 Å². The zero-order valence-electron chi connectivity index (χ0n) is 19.1. The number of likely N-dealkylation sites (N-methyl/N-ethyl adjacent to an activating group) is 2. The first-order valence-electron chi connectivity index (χ1n) is 10.4. The van der Waals surface area contributed by atoms with Crippen LogP contribution < -0.4 is 14.7 Å². The third kappa shape index (κ3) is 5.09. The number of halogens is 6. The number of aryl methyl sites for hydroxylation is 1. The molecule has 35 heavy (non-hydrogen) atoms. The first-order chi connectivity index (χ1) is 16.3. The minimum atomic E-state index is -4.70. The van der Waals surface area contributed by atoms with Crippen LogP contribution >= 0.6 is 11.6 Å². The van der Waals surface area contributed by atoms with Gasteiger partial charge in [0.15, 0.2) is 11.6 Å². The van der Waals surface area contributed by atoms with Gasteiger partial charge in [-0.3, -0.25) is 14.5 Å². The Morgan fingerprint density at radius 1 is 1.26 bits per heavy atom. The van der Waals surface area contributed by atoms with Crippen LogP contribution in [-0.2, 0) is 15.8 Å². The molecule has 1 aliphatic rings. The molecular weight excluding hydrogens is 495 g/mol. The number of alkyl halides is 3. The van der Waals surface area contributed by atoms with E-state index in [9.17, 15) is 31.5 Å². The summed E-state index contributed by atoms with van der Waals surface area (Å²) >= 11 is 6.17. The summed E-state index contributed by atoms with van der Waals surface area (Å²) in [6.45, 7) is 5.10. The lowest BCUT2D eigenvalue weighted by Crippen LogP contribution is -2.47. The Bertz CT molecular complexity index is 1190. The van der Waals surface area contributed by atoms with Crippen LogP contribution in [0.2, 0.25) is 5.02 Å². The van der Waals surface area contributed by atoms with Gasteiger partial charge in [-0.25, -0.2) is 13.8 Å². The molecule has 3 rings (SSSR count). The lowest BCUT2D eigenvalue weighted by molar-refractivity contribution is -0.137. The average Bonchev–Trinajstić information content (AvgIpc) is 3.15. The fourth-order valence-electron chi connectivity index (χ4n) is 4.00. The largest absolute Gasteiger partial charge is 0.416 e. The molecule has 1 aromatic carbocycles. The van der Waals surface area contributed by atoms with Crippen LogP contribution in [0.4, 0.5) is 39.1 Å². The Morgan fingerprint density at radius 3 is 2.51 bits per heavy atom. The van der Waals surface area contributed by atoms with Crippen LogP contribution in [0.3, 0.4) is 0 Å². The molecule has 0 radical (unpaired) electrons. The van der Waals surface area contributed by atoms with Gasteiger partial charge in [-0.05, 0) is 31.5 Å². The van der Waals surface area contributed by atoms with Gasteiger partial charge < -0.3 is 9.80 Å². The third-order valence-corrected chi connectivity index (χ3v) is 5.87. The molecule has 0 spiro atoms. The minimum Gasteiger partial charge on any atom is -0.368 e. The Labute approximate surface area is 203 Å². The van der Waals surface area contributed by atoms with Gasteiger partial charge in [0.1, 0.15) is 17.5 Å². The van der Waals surface area contributed by atoms with E-state index in [2.05, 4.69) is 11.6 Å². The number of nitrogens with zero attached hydrogens (tertiary/aromatic N) is 4. The number of anilines is 3. The quantitative estimate of drug-likeness (QED) is 0.304. The number of benzene rings is 1. The van der Waals surface area contributed by atoms with Crippen molar-refractivity contribution >= 4 is 40.6 Å². The molecule has 188 valence electrons. The average molecular weight is 517 g/mol. The van der Waals surface area contributed by atoms with Crippen molar-refractivity contribution in [2.24, 2.45) is 0 Å². The lowest BCUT2D eigenvalue weighted by atomic mass is 10.1. The summed E-state index contributed by atoms with van der Waals surface area (Å²) in [5.41, 5.74) is -1.51. The number of hydrogen-bond acceptors (Lipinski definition) is 4. The van der Waals surface area contributed by atoms with Gasteiger partial charge in [0.25, 0.3) is 0 Å². The molecular formula is C23H22ClF5N4O2. The van der Waals surface area contributed by atoms with E-state index in [1.54, 1.807) is 0 Å². The second-order valence-corrected chi connectivity index (χ2v) is 8.50. The van der Waals surface area contributed by atoms with E-state index in [0.29, 0.717) is 6.07 Å². The highest BCUT2D eigenvalue weighted by atomic mass is 35.5. The molecule has 12 heteroatoms. The Morgan fingerprint density at radius 2 is 1.91 bits per heavy atom. The summed E-state index contributed by atoms with van der Waals surface area (Å²) in [6, 6.07) is 0.981. The first kappa shape index (κ1) is 26.4. The molecule has 0 unspecified atom stereocenters. The molecule has 1 aromatic heterocycles. The molecule has 1 aliphatic heterocycles. The molecule has 0 N–H and O–H groups in total. The maximum atomic E-state index is 15.0. The zero-order valence-corrected chi connectivity index (χ0v) is 19.8. The first-order valence-corrected chi connectivity index (χ1v) is 10.8. The molecule has 6 nitrogen and oxygen atoms in total. The lowest BCUT2D eigenvalue weighted by Gasteiger charge is -2.31. The maximum absolute atomic E-state index is 15.0. The number of amides is 2. The van der Waals surface area contributed by atoms with Crippen LogP contribution in [0.15, 0.2) is 30.9 Å². The van der Waals surface area contributed by atoms with Gasteiger partial charge in [0.2, 0.25) is 11.8 Å². The predicted octanol–water partition coefficient (Wildman–Crippen LogP) is 5.12. The summed E-state index contributed by atoms with van der Waals surface area (Å²) < 4.78 is 69.2. The number of carbonyl (C=O) groups excluding carboxylic acids is 2. The summed E-state index contributed by atoms with van der Waals surface area (Å²) in [4.78, 5) is 33.2. The molecule has 1 atom stereocenters. The van der Waals surface area contributed by atoms with Crippen LogP contribution in [0.5, 0.6) is 0 Å². The minimum absolute atomic E-state index is 0.00484. The highest BCUT2D eigenvalue weighted by Gasteiger charge is 2.42. The molecule has 1 fully saturated rings. The summed E-state index contributed by atoms with van der Waals surface area (Å²) in [7, 11) is 2.70. The molecule has 2 amide bonds. The SMILES string of the molecule is C=CCN(C)c1c(Cl)cc(F)c(F)c1N(C)C(=O)[C@@H]1CCC(=O)N1c1cc(C(F)(F)F)cc(C)n1. The zero-order chi connectivity index (χ0) is 26.2. The predicted molar refractivity (Wildman–Crippen MR) is 123 cm³/mol. The van der Waals surface area contributed by atoms with Crippen molar-refractivity contribution < 1.29 is 31.5 Å². The highest BCUT2D eigenvalue weighted by molar-refractivity contribution is 6.34. The number of rotatable bonds is 6. The van der Waals surface area contributed by atoms with Crippen LogP contribution in [0.1, 0.15) is 24.1 Å². The van der Waals surface area contributed by atoms with E-state index in [-0.39, 0.29) is 41.6 Å². The van der Waals surface area contributed by atoms with Crippen LogP contribution in [0, 0.1) is 18.6 Å². The number of pyridine rings is 1.